The summed E-state index contributed by atoms with van der Waals surface area (Å²) < 4.78 is 6.19. The molecule has 0 aliphatic heterocycles. The second-order valence-corrected chi connectivity index (χ2v) is 5.56. The third kappa shape index (κ3) is 3.23. The average Bonchev–Trinajstić information content (AvgIpc) is 2.79. The number of carbonyl (C=O) groups is 1. The highest BCUT2D eigenvalue weighted by Gasteiger charge is 2.14. The molecule has 0 saturated carbocycles. The fourth-order valence-electron chi connectivity index (χ4n) is 1.88. The molecule has 0 saturated heterocycles. The molecule has 0 aliphatic rings. The van der Waals surface area contributed by atoms with E-state index in [0.717, 1.165) is 28.8 Å². The van der Waals surface area contributed by atoms with Crippen LogP contribution in [0, 0.1) is 5.92 Å². The van der Waals surface area contributed by atoms with Crippen LogP contribution in [0.2, 0.25) is 0 Å². The summed E-state index contributed by atoms with van der Waals surface area (Å²) in [5.74, 6) is 0.854. The van der Waals surface area contributed by atoms with Crippen LogP contribution in [0.25, 0.3) is 10.2 Å². The van der Waals surface area contributed by atoms with Crippen molar-refractivity contribution in [1.29, 1.82) is 0 Å². The van der Waals surface area contributed by atoms with Gasteiger partial charge < -0.3 is 10.1 Å². The zero-order valence-corrected chi connectivity index (χ0v) is 12.2. The molecule has 1 aromatic heterocycles. The van der Waals surface area contributed by atoms with Crippen molar-refractivity contribution in [1.82, 2.24) is 4.98 Å². The second-order valence-electron chi connectivity index (χ2n) is 4.53. The Morgan fingerprint density at radius 2 is 2.32 bits per heavy atom. The van der Waals surface area contributed by atoms with Gasteiger partial charge in [-0.15, -0.1) is 0 Å². The highest BCUT2D eigenvalue weighted by atomic mass is 32.1. The normalized spacial score (nSPS) is 12.4. The molecule has 4 nitrogen and oxygen atoms in total. The van der Waals surface area contributed by atoms with Crippen molar-refractivity contribution in [2.75, 3.05) is 12.4 Å². The molecule has 0 radical (unpaired) electrons. The molecule has 0 bridgehead atoms. The number of carbonyl (C=O) groups excluding carboxylic acids is 1. The first kappa shape index (κ1) is 13.8. The van der Waals surface area contributed by atoms with E-state index in [2.05, 4.69) is 17.2 Å². The summed E-state index contributed by atoms with van der Waals surface area (Å²) >= 11 is 1.47. The predicted molar refractivity (Wildman–Crippen MR) is 78.9 cm³/mol. The molecule has 1 heterocycles. The Bertz CT molecular complexity index is 580. The number of hydrogen-bond donors (Lipinski definition) is 1. The number of anilines is 1. The topological polar surface area (TPSA) is 51.2 Å². The van der Waals surface area contributed by atoms with Gasteiger partial charge in [-0.05, 0) is 24.6 Å². The lowest BCUT2D eigenvalue weighted by Crippen LogP contribution is -2.19. The highest BCUT2D eigenvalue weighted by molar-refractivity contribution is 7.22. The van der Waals surface area contributed by atoms with Crippen molar-refractivity contribution in [2.24, 2.45) is 5.92 Å². The largest absolute Gasteiger partial charge is 0.497 e. The van der Waals surface area contributed by atoms with E-state index in [0.29, 0.717) is 5.13 Å². The number of benzene rings is 1. The summed E-state index contributed by atoms with van der Waals surface area (Å²) in [5, 5.41) is 3.53. The van der Waals surface area contributed by atoms with E-state index < -0.39 is 0 Å². The van der Waals surface area contributed by atoms with E-state index in [1.165, 1.54) is 11.3 Å². The second kappa shape index (κ2) is 6.02. The quantitative estimate of drug-likeness (QED) is 0.907. The van der Waals surface area contributed by atoms with Crippen LogP contribution in [0.5, 0.6) is 5.75 Å². The zero-order chi connectivity index (χ0) is 13.8. The van der Waals surface area contributed by atoms with Crippen molar-refractivity contribution >= 4 is 32.6 Å². The molecule has 1 atom stereocenters. The van der Waals surface area contributed by atoms with E-state index in [1.54, 1.807) is 7.11 Å². The number of rotatable bonds is 5. The Labute approximate surface area is 116 Å². The van der Waals surface area contributed by atoms with Gasteiger partial charge in [0.2, 0.25) is 5.91 Å². The summed E-state index contributed by atoms with van der Waals surface area (Å²) in [6, 6.07) is 5.70. The fourth-order valence-corrected chi connectivity index (χ4v) is 2.78. The number of thiazole rings is 1. The minimum absolute atomic E-state index is 0.0200. The number of nitrogens with one attached hydrogen (secondary N) is 1. The molecule has 0 aliphatic carbocycles. The number of amides is 1. The first-order valence-electron chi connectivity index (χ1n) is 6.39. The van der Waals surface area contributed by atoms with E-state index >= 15 is 0 Å². The molecule has 1 aromatic carbocycles. The fraction of sp³-hybridized carbons (Fsp3) is 0.429. The maximum absolute atomic E-state index is 11.9. The molecule has 0 spiro atoms. The Kier molecular flexibility index (Phi) is 4.37. The number of nitrogens with zero attached hydrogens (tertiary/aromatic N) is 1. The lowest BCUT2D eigenvalue weighted by atomic mass is 10.1. The average molecular weight is 278 g/mol. The van der Waals surface area contributed by atoms with Crippen molar-refractivity contribution in [2.45, 2.75) is 26.7 Å². The monoisotopic (exact) mass is 278 g/mol. The van der Waals surface area contributed by atoms with Gasteiger partial charge in [-0.1, -0.05) is 31.6 Å². The zero-order valence-electron chi connectivity index (χ0n) is 11.4. The lowest BCUT2D eigenvalue weighted by molar-refractivity contribution is -0.119. The molecule has 2 aromatic rings. The number of hydrogen-bond acceptors (Lipinski definition) is 4. The summed E-state index contributed by atoms with van der Waals surface area (Å²) in [6.07, 6.45) is 1.90. The Morgan fingerprint density at radius 1 is 1.53 bits per heavy atom. The highest BCUT2D eigenvalue weighted by Crippen LogP contribution is 2.29. The molecule has 5 heteroatoms. The Hall–Kier alpha value is -1.62. The lowest BCUT2D eigenvalue weighted by Gasteiger charge is -2.08. The minimum Gasteiger partial charge on any atom is -0.497 e. The minimum atomic E-state index is 0.0200. The summed E-state index contributed by atoms with van der Waals surface area (Å²) in [7, 11) is 1.64. The molecule has 1 amide bonds. The predicted octanol–water partition coefficient (Wildman–Crippen LogP) is 3.68. The first-order valence-corrected chi connectivity index (χ1v) is 7.21. The van der Waals surface area contributed by atoms with Crippen LogP contribution in [0.15, 0.2) is 18.2 Å². The van der Waals surface area contributed by atoms with E-state index in [1.807, 2.05) is 25.1 Å². The third-order valence-corrected chi connectivity index (χ3v) is 3.93. The molecular formula is C14H18N2O2S. The van der Waals surface area contributed by atoms with Gasteiger partial charge in [0.25, 0.3) is 0 Å². The van der Waals surface area contributed by atoms with Crippen LogP contribution in [-0.4, -0.2) is 18.0 Å². The van der Waals surface area contributed by atoms with Crippen LogP contribution in [0.1, 0.15) is 26.7 Å². The number of ether oxygens (including phenoxy) is 1. The van der Waals surface area contributed by atoms with Gasteiger partial charge in [0.05, 0.1) is 17.3 Å². The molecule has 102 valence electrons. The van der Waals surface area contributed by atoms with Crippen molar-refractivity contribution in [3.05, 3.63) is 18.2 Å². The van der Waals surface area contributed by atoms with E-state index in [-0.39, 0.29) is 11.8 Å². The third-order valence-electron chi connectivity index (χ3n) is 3.00. The van der Waals surface area contributed by atoms with Gasteiger partial charge in [0.1, 0.15) is 5.75 Å². The number of methoxy groups -OCH3 is 1. The van der Waals surface area contributed by atoms with Crippen molar-refractivity contribution in [3.63, 3.8) is 0 Å². The summed E-state index contributed by atoms with van der Waals surface area (Å²) in [4.78, 5) is 16.3. The smallest absolute Gasteiger partial charge is 0.228 e. The maximum atomic E-state index is 11.9. The Balaban J connectivity index is 2.15. The van der Waals surface area contributed by atoms with Gasteiger partial charge in [0, 0.05) is 5.92 Å². The molecular weight excluding hydrogens is 260 g/mol. The van der Waals surface area contributed by atoms with Gasteiger partial charge in [-0.2, -0.15) is 0 Å². The molecule has 2 rings (SSSR count). The maximum Gasteiger partial charge on any atom is 0.228 e. The van der Waals surface area contributed by atoms with Gasteiger partial charge in [-0.3, -0.25) is 4.79 Å². The molecule has 0 fully saturated rings. The number of aromatic nitrogens is 1. The summed E-state index contributed by atoms with van der Waals surface area (Å²) in [6.45, 7) is 4.02. The number of fused-ring (bicyclic) bond motifs is 1. The van der Waals surface area contributed by atoms with Crippen molar-refractivity contribution < 1.29 is 9.53 Å². The molecule has 1 N–H and O–H groups in total. The van der Waals surface area contributed by atoms with Crippen LogP contribution >= 0.6 is 11.3 Å². The molecule has 19 heavy (non-hydrogen) atoms. The van der Waals surface area contributed by atoms with Gasteiger partial charge in [-0.25, -0.2) is 4.98 Å². The summed E-state index contributed by atoms with van der Waals surface area (Å²) in [5.41, 5.74) is 0.879. The first-order chi connectivity index (χ1) is 9.13. The van der Waals surface area contributed by atoms with Crippen LogP contribution in [0.3, 0.4) is 0 Å². The SMILES string of the molecule is CCCC(C)C(=O)Nc1nc2ccc(OC)cc2s1. The van der Waals surface area contributed by atoms with E-state index in [9.17, 15) is 4.79 Å². The van der Waals surface area contributed by atoms with E-state index in [4.69, 9.17) is 4.74 Å². The van der Waals surface area contributed by atoms with Crippen LogP contribution in [0.4, 0.5) is 5.13 Å². The van der Waals surface area contributed by atoms with Crippen molar-refractivity contribution in [3.8, 4) is 5.75 Å². The Morgan fingerprint density at radius 3 is 3.00 bits per heavy atom. The van der Waals surface area contributed by atoms with Crippen LogP contribution < -0.4 is 10.1 Å². The van der Waals surface area contributed by atoms with Gasteiger partial charge >= 0.3 is 0 Å². The molecule has 1 unspecified atom stereocenters. The van der Waals surface area contributed by atoms with Crippen LogP contribution in [-0.2, 0) is 4.79 Å². The van der Waals surface area contributed by atoms with Gasteiger partial charge in [0.15, 0.2) is 5.13 Å². The standard InChI is InChI=1S/C14H18N2O2S/c1-4-5-9(2)13(17)16-14-15-11-7-6-10(18-3)8-12(11)19-14/h6-9H,4-5H2,1-3H3,(H,15,16,17).